The minimum absolute atomic E-state index is 0.152. The average molecular weight is 238 g/mol. The number of ketones is 1. The van der Waals surface area contributed by atoms with E-state index >= 15 is 0 Å². The van der Waals surface area contributed by atoms with E-state index in [-0.39, 0.29) is 12.0 Å². The maximum absolute atomic E-state index is 11.6. The minimum Gasteiger partial charge on any atom is -0.550 e. The molecule has 0 fully saturated rings. The predicted octanol–water partition coefficient (Wildman–Crippen LogP) is -2.69. The number of allylic oxidation sites excluding steroid dienone is 2. The number of carbonyl (C=O) groups excluding carboxylic acids is 3. The molecule has 92 valence electrons. The number of carboxylic acids is 2. The largest absolute Gasteiger partial charge is 0.550 e. The fraction of sp³-hybridized carbons (Fsp3) is 0.364. The zero-order chi connectivity index (χ0) is 13.0. The van der Waals surface area contributed by atoms with Gasteiger partial charge in [-0.3, -0.25) is 4.79 Å². The molecule has 1 N–H and O–H groups in total. The number of carbonyl (C=O) groups is 3. The smallest absolute Gasteiger partial charge is 0.160 e. The number of hydrogen-bond acceptors (Lipinski definition) is 6. The van der Waals surface area contributed by atoms with E-state index in [4.69, 9.17) is 0 Å². The van der Waals surface area contributed by atoms with Crippen LogP contribution in [0.1, 0.15) is 12.8 Å². The zero-order valence-corrected chi connectivity index (χ0v) is 8.79. The molecule has 0 aliphatic heterocycles. The Labute approximate surface area is 96.9 Å². The van der Waals surface area contributed by atoms with E-state index in [1.807, 2.05) is 0 Å². The zero-order valence-electron chi connectivity index (χ0n) is 8.79. The van der Waals surface area contributed by atoms with Gasteiger partial charge in [-0.2, -0.15) is 0 Å². The minimum atomic E-state index is -1.57. The van der Waals surface area contributed by atoms with Crippen molar-refractivity contribution in [3.05, 3.63) is 23.8 Å². The fourth-order valence-corrected chi connectivity index (χ4v) is 1.56. The maximum Gasteiger partial charge on any atom is 0.160 e. The van der Waals surface area contributed by atoms with E-state index in [0.29, 0.717) is 0 Å². The first-order valence-electron chi connectivity index (χ1n) is 4.94. The van der Waals surface area contributed by atoms with Crippen LogP contribution < -0.4 is 10.2 Å². The van der Waals surface area contributed by atoms with Gasteiger partial charge >= 0.3 is 0 Å². The SMILES string of the molecule is O=C([O-])CCC(=O)C1=CC=C[C@@H](O)[C@H]1C(=O)[O-]. The number of aliphatic hydroxyl groups excluding tert-OH is 1. The van der Waals surface area contributed by atoms with Crippen molar-refractivity contribution in [2.45, 2.75) is 18.9 Å². The highest BCUT2D eigenvalue weighted by Crippen LogP contribution is 2.22. The normalized spacial score (nSPS) is 23.0. The monoisotopic (exact) mass is 238 g/mol. The summed E-state index contributed by atoms with van der Waals surface area (Å²) in [6.45, 7) is 0. The molecule has 1 aliphatic rings. The Morgan fingerprint density at radius 1 is 1.24 bits per heavy atom. The lowest BCUT2D eigenvalue weighted by atomic mass is 9.85. The van der Waals surface area contributed by atoms with E-state index in [0.717, 1.165) is 0 Å². The standard InChI is InChI=1S/C11H12O6/c12-7(4-5-9(14)15)6-2-1-3-8(13)10(6)11(16)17/h1-3,8,10,13H,4-5H2,(H,14,15)(H,16,17)/p-2/t8-,10+/m1/s1. The molecular formula is C11H10O6-2. The summed E-state index contributed by atoms with van der Waals surface area (Å²) in [4.78, 5) is 32.5. The van der Waals surface area contributed by atoms with Crippen molar-refractivity contribution in [2.75, 3.05) is 0 Å². The second-order valence-electron chi connectivity index (χ2n) is 3.59. The number of carboxylic acid groups (broad SMARTS) is 2. The van der Waals surface area contributed by atoms with E-state index < -0.39 is 36.2 Å². The first-order chi connectivity index (χ1) is 7.93. The van der Waals surface area contributed by atoms with Gasteiger partial charge in [0.2, 0.25) is 0 Å². The molecule has 1 rings (SSSR count). The van der Waals surface area contributed by atoms with Crippen molar-refractivity contribution in [1.82, 2.24) is 0 Å². The number of Topliss-reactive ketones (excluding diaryl/α,β-unsaturated/α-hetero) is 1. The molecule has 0 bridgehead atoms. The molecule has 0 spiro atoms. The van der Waals surface area contributed by atoms with Gasteiger partial charge in [-0.05, 0) is 6.42 Å². The molecule has 1 aliphatic carbocycles. The Balaban J connectivity index is 2.82. The molecule has 0 saturated carbocycles. The van der Waals surface area contributed by atoms with Gasteiger partial charge in [0.15, 0.2) is 5.78 Å². The number of aliphatic carboxylic acids is 2. The van der Waals surface area contributed by atoms with Crippen LogP contribution >= 0.6 is 0 Å². The molecule has 0 amide bonds. The van der Waals surface area contributed by atoms with Crippen LogP contribution in [0.25, 0.3) is 0 Å². The lowest BCUT2D eigenvalue weighted by molar-refractivity contribution is -0.312. The third-order valence-electron chi connectivity index (χ3n) is 2.39. The van der Waals surface area contributed by atoms with Crippen LogP contribution in [0.2, 0.25) is 0 Å². The fourth-order valence-electron chi connectivity index (χ4n) is 1.56. The van der Waals surface area contributed by atoms with E-state index in [1.54, 1.807) is 0 Å². The number of rotatable bonds is 5. The maximum atomic E-state index is 11.6. The van der Waals surface area contributed by atoms with Gasteiger partial charge in [-0.15, -0.1) is 0 Å². The third kappa shape index (κ3) is 3.25. The summed E-state index contributed by atoms with van der Waals surface area (Å²) in [5.41, 5.74) is -0.152. The lowest BCUT2D eigenvalue weighted by Gasteiger charge is -2.26. The quantitative estimate of drug-likeness (QED) is 0.557. The van der Waals surface area contributed by atoms with E-state index in [1.165, 1.54) is 18.2 Å². The first-order valence-corrected chi connectivity index (χ1v) is 4.94. The van der Waals surface area contributed by atoms with Gasteiger partial charge in [0.05, 0.1) is 18.0 Å². The van der Waals surface area contributed by atoms with Crippen LogP contribution in [0.5, 0.6) is 0 Å². The van der Waals surface area contributed by atoms with Crippen molar-refractivity contribution in [3.8, 4) is 0 Å². The Kier molecular flexibility index (Phi) is 4.17. The molecule has 0 aromatic heterocycles. The second-order valence-corrected chi connectivity index (χ2v) is 3.59. The van der Waals surface area contributed by atoms with Crippen molar-refractivity contribution in [3.63, 3.8) is 0 Å². The lowest BCUT2D eigenvalue weighted by Crippen LogP contribution is -2.41. The van der Waals surface area contributed by atoms with Crippen molar-refractivity contribution < 1.29 is 29.7 Å². The summed E-state index contributed by atoms with van der Waals surface area (Å²) < 4.78 is 0. The van der Waals surface area contributed by atoms with Gasteiger partial charge in [0, 0.05) is 18.0 Å². The molecule has 6 nitrogen and oxygen atoms in total. The highest BCUT2D eigenvalue weighted by atomic mass is 16.4. The van der Waals surface area contributed by atoms with Gasteiger partial charge in [0.25, 0.3) is 0 Å². The summed E-state index contributed by atoms with van der Waals surface area (Å²) >= 11 is 0. The molecule has 0 unspecified atom stereocenters. The van der Waals surface area contributed by atoms with Gasteiger partial charge in [-0.25, -0.2) is 0 Å². The van der Waals surface area contributed by atoms with E-state index in [9.17, 15) is 29.7 Å². The van der Waals surface area contributed by atoms with Crippen LogP contribution in [0, 0.1) is 5.92 Å². The molecule has 0 aromatic rings. The predicted molar refractivity (Wildman–Crippen MR) is 51.0 cm³/mol. The molecule has 17 heavy (non-hydrogen) atoms. The Bertz CT molecular complexity index is 406. The highest BCUT2D eigenvalue weighted by molar-refractivity contribution is 6.01. The summed E-state index contributed by atoms with van der Waals surface area (Å²) in [7, 11) is 0. The molecule has 0 aromatic carbocycles. The average Bonchev–Trinajstić information content (AvgIpc) is 2.24. The van der Waals surface area contributed by atoms with Crippen LogP contribution in [0.4, 0.5) is 0 Å². The molecule has 0 radical (unpaired) electrons. The molecule has 6 heteroatoms. The summed E-state index contributed by atoms with van der Waals surface area (Å²) in [5.74, 6) is -5.06. The molecule has 2 atom stereocenters. The summed E-state index contributed by atoms with van der Waals surface area (Å²) in [5, 5.41) is 30.4. The van der Waals surface area contributed by atoms with Crippen molar-refractivity contribution in [2.24, 2.45) is 5.92 Å². The molecule has 0 heterocycles. The van der Waals surface area contributed by atoms with Crippen LogP contribution in [-0.4, -0.2) is 28.9 Å². The highest BCUT2D eigenvalue weighted by Gasteiger charge is 2.28. The third-order valence-corrected chi connectivity index (χ3v) is 2.39. The summed E-state index contributed by atoms with van der Waals surface area (Å²) in [6.07, 6.45) is 1.61. The van der Waals surface area contributed by atoms with Crippen LogP contribution in [-0.2, 0) is 14.4 Å². The Morgan fingerprint density at radius 3 is 2.41 bits per heavy atom. The second kappa shape index (κ2) is 5.40. The topological polar surface area (TPSA) is 118 Å². The van der Waals surface area contributed by atoms with Crippen molar-refractivity contribution in [1.29, 1.82) is 0 Å². The van der Waals surface area contributed by atoms with Gasteiger partial charge < -0.3 is 24.9 Å². The van der Waals surface area contributed by atoms with Crippen molar-refractivity contribution >= 4 is 17.7 Å². The molecule has 0 saturated heterocycles. The Morgan fingerprint density at radius 2 is 1.88 bits per heavy atom. The Hall–Kier alpha value is -1.95. The van der Waals surface area contributed by atoms with Crippen LogP contribution in [0.3, 0.4) is 0 Å². The van der Waals surface area contributed by atoms with Gasteiger partial charge in [0.1, 0.15) is 0 Å². The number of aliphatic hydroxyl groups is 1. The van der Waals surface area contributed by atoms with Gasteiger partial charge in [-0.1, -0.05) is 18.2 Å². The molecular weight excluding hydrogens is 228 g/mol. The summed E-state index contributed by atoms with van der Waals surface area (Å²) in [6, 6.07) is 0. The first kappa shape index (κ1) is 13.1. The van der Waals surface area contributed by atoms with E-state index in [2.05, 4.69) is 0 Å². The number of hydrogen-bond donors (Lipinski definition) is 1. The van der Waals surface area contributed by atoms with Crippen LogP contribution in [0.15, 0.2) is 23.8 Å².